The minimum atomic E-state index is -0.866. The van der Waals surface area contributed by atoms with Crippen molar-refractivity contribution in [2.24, 2.45) is 0 Å². The van der Waals surface area contributed by atoms with Crippen LogP contribution in [0.5, 0.6) is 5.75 Å². The maximum Gasteiger partial charge on any atom is 0.316 e. The summed E-state index contributed by atoms with van der Waals surface area (Å²) in [6.07, 6.45) is 1.19. The van der Waals surface area contributed by atoms with E-state index in [0.717, 1.165) is 0 Å². The molecule has 0 radical (unpaired) electrons. The highest BCUT2D eigenvalue weighted by Gasteiger charge is 2.56. The first kappa shape index (κ1) is 13.3. The molecule has 0 amide bonds. The van der Waals surface area contributed by atoms with E-state index in [0.29, 0.717) is 35.2 Å². The fraction of sp³-hybridized carbons (Fsp3) is 0.462. The summed E-state index contributed by atoms with van der Waals surface area (Å²) in [7, 11) is 1.46. The summed E-state index contributed by atoms with van der Waals surface area (Å²) in [4.78, 5) is 12.0. The first-order chi connectivity index (χ1) is 8.56. The van der Waals surface area contributed by atoms with Gasteiger partial charge in [-0.05, 0) is 47.8 Å². The number of carbonyl (C=O) groups is 1. The highest BCUT2D eigenvalue weighted by Crippen LogP contribution is 2.54. The molecule has 0 saturated heterocycles. The molecule has 1 aromatic rings. The molecule has 1 fully saturated rings. The van der Waals surface area contributed by atoms with Crippen LogP contribution in [0.25, 0.3) is 0 Å². The molecule has 0 aromatic heterocycles. The van der Waals surface area contributed by atoms with Crippen molar-refractivity contribution in [2.45, 2.75) is 25.2 Å². The molecular weight excluding hydrogens is 303 g/mol. The number of hydrogen-bond acceptors (Lipinski definition) is 3. The third kappa shape index (κ3) is 2.00. The van der Waals surface area contributed by atoms with Crippen molar-refractivity contribution in [2.75, 3.05) is 13.7 Å². The number of esters is 1. The Morgan fingerprint density at radius 1 is 1.50 bits per heavy atom. The zero-order chi connectivity index (χ0) is 13.3. The molecule has 0 aliphatic heterocycles. The molecule has 0 spiro atoms. The van der Waals surface area contributed by atoms with Crippen LogP contribution in [-0.2, 0) is 14.9 Å². The fourth-order valence-electron chi connectivity index (χ4n) is 2.13. The van der Waals surface area contributed by atoms with Crippen LogP contribution in [0.1, 0.15) is 25.3 Å². The average Bonchev–Trinajstić information content (AvgIpc) is 3.13. The van der Waals surface area contributed by atoms with Crippen molar-refractivity contribution >= 4 is 21.9 Å². The van der Waals surface area contributed by atoms with Gasteiger partial charge in [0, 0.05) is 5.56 Å². The summed E-state index contributed by atoms with van der Waals surface area (Å²) in [5.74, 6) is -0.429. The maximum absolute atomic E-state index is 14.0. The van der Waals surface area contributed by atoms with Crippen molar-refractivity contribution in [3.05, 3.63) is 28.0 Å². The van der Waals surface area contributed by atoms with E-state index in [2.05, 4.69) is 15.9 Å². The lowest BCUT2D eigenvalue weighted by Crippen LogP contribution is -2.25. The molecular formula is C13H14BrFO3. The highest BCUT2D eigenvalue weighted by molar-refractivity contribution is 9.10. The van der Waals surface area contributed by atoms with E-state index in [-0.39, 0.29) is 5.97 Å². The summed E-state index contributed by atoms with van der Waals surface area (Å²) in [6.45, 7) is 2.03. The Hall–Kier alpha value is -1.10. The number of carbonyl (C=O) groups excluding carboxylic acids is 1. The summed E-state index contributed by atoms with van der Waals surface area (Å²) in [6, 6.07) is 2.90. The number of ether oxygens (including phenoxy) is 2. The topological polar surface area (TPSA) is 35.5 Å². The first-order valence-electron chi connectivity index (χ1n) is 5.76. The van der Waals surface area contributed by atoms with Crippen LogP contribution in [-0.4, -0.2) is 19.7 Å². The number of rotatable bonds is 4. The summed E-state index contributed by atoms with van der Waals surface area (Å²) in [5, 5.41) is 0. The van der Waals surface area contributed by atoms with Crippen molar-refractivity contribution < 1.29 is 18.7 Å². The van der Waals surface area contributed by atoms with Gasteiger partial charge in [-0.3, -0.25) is 4.79 Å². The molecule has 1 aliphatic carbocycles. The number of halogens is 2. The van der Waals surface area contributed by atoms with Crippen LogP contribution in [0.2, 0.25) is 0 Å². The lowest BCUT2D eigenvalue weighted by molar-refractivity contribution is -0.146. The normalized spacial score (nSPS) is 16.2. The number of hydrogen-bond donors (Lipinski definition) is 0. The molecule has 0 unspecified atom stereocenters. The Balaban J connectivity index is 2.51. The van der Waals surface area contributed by atoms with Gasteiger partial charge in [-0.15, -0.1) is 0 Å². The van der Waals surface area contributed by atoms with Crippen molar-refractivity contribution in [1.29, 1.82) is 0 Å². The van der Waals surface area contributed by atoms with Gasteiger partial charge >= 0.3 is 5.97 Å². The fourth-order valence-corrected chi connectivity index (χ4v) is 2.62. The zero-order valence-corrected chi connectivity index (χ0v) is 11.8. The van der Waals surface area contributed by atoms with Gasteiger partial charge in [0.1, 0.15) is 11.6 Å². The zero-order valence-electron chi connectivity index (χ0n) is 10.3. The molecule has 0 atom stereocenters. The Morgan fingerprint density at radius 3 is 2.67 bits per heavy atom. The molecule has 5 heteroatoms. The second-order valence-electron chi connectivity index (χ2n) is 4.24. The highest BCUT2D eigenvalue weighted by atomic mass is 79.9. The predicted octanol–water partition coefficient (Wildman–Crippen LogP) is 3.19. The molecule has 1 saturated carbocycles. The molecule has 2 rings (SSSR count). The quantitative estimate of drug-likeness (QED) is 0.800. The van der Waals surface area contributed by atoms with Crippen LogP contribution in [0.15, 0.2) is 16.6 Å². The maximum atomic E-state index is 14.0. The van der Waals surface area contributed by atoms with Crippen molar-refractivity contribution in [1.82, 2.24) is 0 Å². The van der Waals surface area contributed by atoms with Crippen LogP contribution in [0, 0.1) is 5.82 Å². The van der Waals surface area contributed by atoms with Gasteiger partial charge in [-0.25, -0.2) is 4.39 Å². The molecule has 0 bridgehead atoms. The minimum Gasteiger partial charge on any atom is -0.495 e. The third-order valence-electron chi connectivity index (χ3n) is 3.16. The van der Waals surface area contributed by atoms with E-state index >= 15 is 0 Å². The van der Waals surface area contributed by atoms with Gasteiger partial charge in [-0.2, -0.15) is 0 Å². The Kier molecular flexibility index (Phi) is 3.61. The van der Waals surface area contributed by atoms with Gasteiger partial charge < -0.3 is 9.47 Å². The largest absolute Gasteiger partial charge is 0.495 e. The summed E-state index contributed by atoms with van der Waals surface area (Å²) < 4.78 is 24.9. The summed E-state index contributed by atoms with van der Waals surface area (Å²) >= 11 is 3.31. The lowest BCUT2D eigenvalue weighted by atomic mass is 9.94. The average molecular weight is 317 g/mol. The number of methoxy groups -OCH3 is 1. The van der Waals surface area contributed by atoms with E-state index in [1.807, 2.05) is 0 Å². The lowest BCUT2D eigenvalue weighted by Gasteiger charge is -2.19. The molecule has 1 aliphatic rings. The molecule has 0 heterocycles. The standard InChI is InChI=1S/C13H14BrFO3/c1-3-18-12(16)13(6-7-13)10-9(15)5-4-8(14)11(10)17-2/h4-5H,3,6-7H2,1-2H3. The van der Waals surface area contributed by atoms with Crippen molar-refractivity contribution in [3.63, 3.8) is 0 Å². The molecule has 3 nitrogen and oxygen atoms in total. The molecule has 1 aromatic carbocycles. The van der Waals surface area contributed by atoms with Crippen molar-refractivity contribution in [3.8, 4) is 5.75 Å². The van der Waals surface area contributed by atoms with Gasteiger partial charge in [0.05, 0.1) is 23.6 Å². The smallest absolute Gasteiger partial charge is 0.316 e. The Bertz CT molecular complexity index is 483. The molecule has 98 valence electrons. The SMILES string of the molecule is CCOC(=O)C1(c2c(F)ccc(Br)c2OC)CC1. The van der Waals surface area contributed by atoms with Gasteiger partial charge in [0.2, 0.25) is 0 Å². The van der Waals surface area contributed by atoms with Crippen LogP contribution in [0.3, 0.4) is 0 Å². The van der Waals surface area contributed by atoms with E-state index < -0.39 is 11.2 Å². The number of benzene rings is 1. The van der Waals surface area contributed by atoms with E-state index in [4.69, 9.17) is 9.47 Å². The Labute approximate surface area is 113 Å². The Morgan fingerprint density at radius 2 is 2.17 bits per heavy atom. The van der Waals surface area contributed by atoms with Gasteiger partial charge in [0.15, 0.2) is 0 Å². The third-order valence-corrected chi connectivity index (χ3v) is 3.78. The first-order valence-corrected chi connectivity index (χ1v) is 6.56. The van der Waals surface area contributed by atoms with E-state index in [1.54, 1.807) is 13.0 Å². The van der Waals surface area contributed by atoms with Gasteiger partial charge in [-0.1, -0.05) is 0 Å². The second-order valence-corrected chi connectivity index (χ2v) is 5.09. The van der Waals surface area contributed by atoms with E-state index in [1.165, 1.54) is 13.2 Å². The van der Waals surface area contributed by atoms with E-state index in [9.17, 15) is 9.18 Å². The summed E-state index contributed by atoms with van der Waals surface area (Å²) in [5.41, 5.74) is -0.562. The van der Waals surface area contributed by atoms with Crippen LogP contribution < -0.4 is 4.74 Å². The monoisotopic (exact) mass is 316 g/mol. The predicted molar refractivity (Wildman–Crippen MR) is 68.2 cm³/mol. The molecule has 18 heavy (non-hydrogen) atoms. The van der Waals surface area contributed by atoms with Gasteiger partial charge in [0.25, 0.3) is 0 Å². The second kappa shape index (κ2) is 4.88. The minimum absolute atomic E-state index is 0.290. The van der Waals surface area contributed by atoms with Crippen LogP contribution >= 0.6 is 15.9 Å². The molecule has 0 N–H and O–H groups in total. The van der Waals surface area contributed by atoms with Crippen LogP contribution in [0.4, 0.5) is 4.39 Å².